The molecule has 21 heavy (non-hydrogen) atoms. The van der Waals surface area contributed by atoms with Gasteiger partial charge in [-0.1, -0.05) is 12.1 Å². The van der Waals surface area contributed by atoms with Gasteiger partial charge < -0.3 is 15.4 Å². The Hall–Kier alpha value is -1.10. The molecule has 0 atom stereocenters. The van der Waals surface area contributed by atoms with Gasteiger partial charge in [0.15, 0.2) is 0 Å². The highest BCUT2D eigenvalue weighted by molar-refractivity contribution is 5.94. The summed E-state index contributed by atoms with van der Waals surface area (Å²) in [4.78, 5) is 11.8. The van der Waals surface area contributed by atoms with Crippen LogP contribution in [-0.4, -0.2) is 39.3 Å². The van der Waals surface area contributed by atoms with Gasteiger partial charge in [-0.05, 0) is 56.0 Å². The van der Waals surface area contributed by atoms with Crippen LogP contribution >= 0.6 is 12.4 Å². The van der Waals surface area contributed by atoms with Crippen molar-refractivity contribution in [1.82, 2.24) is 10.6 Å². The van der Waals surface area contributed by atoms with Gasteiger partial charge in [0.25, 0.3) is 5.91 Å². The van der Waals surface area contributed by atoms with Gasteiger partial charge in [-0.15, -0.1) is 12.4 Å². The van der Waals surface area contributed by atoms with Crippen molar-refractivity contribution < 1.29 is 9.53 Å². The average Bonchev–Trinajstić information content (AvgIpc) is 2.49. The fraction of sp³-hybridized carbons (Fsp3) is 0.562. The highest BCUT2D eigenvalue weighted by atomic mass is 35.5. The molecule has 118 valence electrons. The summed E-state index contributed by atoms with van der Waals surface area (Å²) >= 11 is 0. The van der Waals surface area contributed by atoms with Gasteiger partial charge in [-0.3, -0.25) is 4.79 Å². The van der Waals surface area contributed by atoms with Gasteiger partial charge in [0, 0.05) is 19.2 Å². The second kappa shape index (κ2) is 9.77. The number of methoxy groups -OCH3 is 1. The number of piperidine rings is 1. The Balaban J connectivity index is 0.00000220. The maximum Gasteiger partial charge on any atom is 0.251 e. The maximum atomic E-state index is 11.8. The number of nitrogens with one attached hydrogen (secondary N) is 2. The number of carbonyl (C=O) groups excluding carboxylic acids is 1. The van der Waals surface area contributed by atoms with E-state index in [4.69, 9.17) is 4.74 Å². The quantitative estimate of drug-likeness (QED) is 0.790. The zero-order valence-corrected chi connectivity index (χ0v) is 13.4. The van der Waals surface area contributed by atoms with Crippen molar-refractivity contribution in [1.29, 1.82) is 0 Å². The monoisotopic (exact) mass is 312 g/mol. The Morgan fingerprint density at radius 2 is 1.95 bits per heavy atom. The molecule has 1 saturated heterocycles. The van der Waals surface area contributed by atoms with Crippen LogP contribution in [0, 0.1) is 5.92 Å². The molecule has 1 aliphatic heterocycles. The SMILES string of the molecule is COCCNC(=O)c1ccc(CC2CCNCC2)cc1.Cl. The van der Waals surface area contributed by atoms with E-state index in [-0.39, 0.29) is 18.3 Å². The zero-order chi connectivity index (χ0) is 14.2. The van der Waals surface area contributed by atoms with Crippen LogP contribution in [0.1, 0.15) is 28.8 Å². The van der Waals surface area contributed by atoms with Crippen molar-refractivity contribution >= 4 is 18.3 Å². The Labute approximate surface area is 133 Å². The molecule has 1 amide bonds. The fourth-order valence-electron chi connectivity index (χ4n) is 2.58. The summed E-state index contributed by atoms with van der Waals surface area (Å²) in [5.74, 6) is 0.744. The lowest BCUT2D eigenvalue weighted by Crippen LogP contribution is -2.28. The minimum absolute atomic E-state index is 0. The molecule has 0 bridgehead atoms. The van der Waals surface area contributed by atoms with Crippen molar-refractivity contribution in [3.8, 4) is 0 Å². The third-order valence-electron chi connectivity index (χ3n) is 3.79. The molecule has 5 heteroatoms. The van der Waals surface area contributed by atoms with Gasteiger partial charge in [0.2, 0.25) is 0 Å². The Kier molecular flexibility index (Phi) is 8.35. The van der Waals surface area contributed by atoms with E-state index in [1.165, 1.54) is 18.4 Å². The number of benzene rings is 1. The molecule has 1 heterocycles. The van der Waals surface area contributed by atoms with Crippen LogP contribution < -0.4 is 10.6 Å². The lowest BCUT2D eigenvalue weighted by molar-refractivity contribution is 0.0937. The van der Waals surface area contributed by atoms with Crippen molar-refractivity contribution in [2.75, 3.05) is 33.4 Å². The van der Waals surface area contributed by atoms with E-state index >= 15 is 0 Å². The van der Waals surface area contributed by atoms with Gasteiger partial charge in [0.1, 0.15) is 0 Å². The van der Waals surface area contributed by atoms with E-state index < -0.39 is 0 Å². The average molecular weight is 313 g/mol. The first-order chi connectivity index (χ1) is 9.79. The molecule has 1 aliphatic rings. The van der Waals surface area contributed by atoms with Crippen LogP contribution in [0.25, 0.3) is 0 Å². The number of ether oxygens (including phenoxy) is 1. The van der Waals surface area contributed by atoms with Crippen LogP contribution in [-0.2, 0) is 11.2 Å². The Morgan fingerprint density at radius 1 is 1.29 bits per heavy atom. The van der Waals surface area contributed by atoms with E-state index in [1.54, 1.807) is 7.11 Å². The predicted molar refractivity (Wildman–Crippen MR) is 87.2 cm³/mol. The van der Waals surface area contributed by atoms with Crippen LogP contribution in [0.5, 0.6) is 0 Å². The summed E-state index contributed by atoms with van der Waals surface area (Å²) < 4.78 is 4.91. The lowest BCUT2D eigenvalue weighted by Gasteiger charge is -2.22. The lowest BCUT2D eigenvalue weighted by atomic mass is 9.91. The number of rotatable bonds is 6. The molecule has 0 unspecified atom stereocenters. The highest BCUT2D eigenvalue weighted by Gasteiger charge is 2.13. The molecular weight excluding hydrogens is 288 g/mol. The summed E-state index contributed by atoms with van der Waals surface area (Å²) in [6.45, 7) is 3.35. The van der Waals surface area contributed by atoms with E-state index in [2.05, 4.69) is 22.8 Å². The van der Waals surface area contributed by atoms with Gasteiger partial charge >= 0.3 is 0 Å². The van der Waals surface area contributed by atoms with Crippen molar-refractivity contribution in [2.24, 2.45) is 5.92 Å². The van der Waals surface area contributed by atoms with Gasteiger partial charge in [-0.2, -0.15) is 0 Å². The fourth-order valence-corrected chi connectivity index (χ4v) is 2.58. The maximum absolute atomic E-state index is 11.8. The minimum atomic E-state index is -0.0320. The second-order valence-corrected chi connectivity index (χ2v) is 5.34. The smallest absolute Gasteiger partial charge is 0.251 e. The molecule has 2 rings (SSSR count). The molecule has 1 fully saturated rings. The van der Waals surface area contributed by atoms with E-state index in [1.807, 2.05) is 12.1 Å². The number of carbonyl (C=O) groups is 1. The van der Waals surface area contributed by atoms with Crippen LogP contribution in [0.2, 0.25) is 0 Å². The first-order valence-electron chi connectivity index (χ1n) is 7.36. The molecule has 0 saturated carbocycles. The Morgan fingerprint density at radius 3 is 2.57 bits per heavy atom. The van der Waals surface area contributed by atoms with Crippen LogP contribution in [0.15, 0.2) is 24.3 Å². The van der Waals surface area contributed by atoms with E-state index in [0.717, 1.165) is 31.0 Å². The number of hydrogen-bond donors (Lipinski definition) is 2. The van der Waals surface area contributed by atoms with Crippen molar-refractivity contribution in [2.45, 2.75) is 19.3 Å². The van der Waals surface area contributed by atoms with Crippen molar-refractivity contribution in [3.05, 3.63) is 35.4 Å². The predicted octanol–water partition coefficient (Wildman–Crippen LogP) is 2.03. The molecule has 0 aliphatic carbocycles. The molecule has 2 N–H and O–H groups in total. The third-order valence-corrected chi connectivity index (χ3v) is 3.79. The molecule has 0 spiro atoms. The molecule has 0 aromatic heterocycles. The third kappa shape index (κ3) is 6.04. The Bertz CT molecular complexity index is 417. The molecular formula is C16H25ClN2O2. The van der Waals surface area contributed by atoms with E-state index in [9.17, 15) is 4.79 Å². The highest BCUT2D eigenvalue weighted by Crippen LogP contribution is 2.18. The van der Waals surface area contributed by atoms with Crippen LogP contribution in [0.3, 0.4) is 0 Å². The number of halogens is 1. The topological polar surface area (TPSA) is 50.4 Å². The summed E-state index contributed by atoms with van der Waals surface area (Å²) in [6, 6.07) is 7.98. The summed E-state index contributed by atoms with van der Waals surface area (Å²) in [5, 5.41) is 6.21. The molecule has 1 aromatic rings. The zero-order valence-electron chi connectivity index (χ0n) is 12.6. The summed E-state index contributed by atoms with van der Waals surface area (Å²) in [6.07, 6.45) is 3.62. The summed E-state index contributed by atoms with van der Waals surface area (Å²) in [7, 11) is 1.63. The van der Waals surface area contributed by atoms with Gasteiger partial charge in [-0.25, -0.2) is 0 Å². The number of amides is 1. The van der Waals surface area contributed by atoms with Crippen LogP contribution in [0.4, 0.5) is 0 Å². The van der Waals surface area contributed by atoms with Gasteiger partial charge in [0.05, 0.1) is 6.61 Å². The summed E-state index contributed by atoms with van der Waals surface area (Å²) in [5.41, 5.74) is 2.04. The standard InChI is InChI=1S/C16H24N2O2.ClH/c1-20-11-10-18-16(19)15-4-2-13(3-5-15)12-14-6-8-17-9-7-14;/h2-5,14,17H,6-12H2,1H3,(H,18,19);1H. The first-order valence-corrected chi connectivity index (χ1v) is 7.36. The minimum Gasteiger partial charge on any atom is -0.383 e. The first kappa shape index (κ1) is 18.0. The largest absolute Gasteiger partial charge is 0.383 e. The molecule has 1 aromatic carbocycles. The molecule has 0 radical (unpaired) electrons. The number of hydrogen-bond acceptors (Lipinski definition) is 3. The normalized spacial score (nSPS) is 15.3. The molecule has 4 nitrogen and oxygen atoms in total. The van der Waals surface area contributed by atoms with Crippen molar-refractivity contribution in [3.63, 3.8) is 0 Å². The second-order valence-electron chi connectivity index (χ2n) is 5.34. The van der Waals surface area contributed by atoms with E-state index in [0.29, 0.717) is 13.2 Å².